The average molecular weight is 452 g/mol. The lowest BCUT2D eigenvalue weighted by molar-refractivity contribution is 0.0225. The molecule has 2 aliphatic heterocycles. The molecule has 0 bridgehead atoms. The predicted octanol–water partition coefficient (Wildman–Crippen LogP) is 6.26. The Hall–Kier alpha value is -3.99. The molecule has 0 radical (unpaired) electrons. The normalized spacial score (nSPS) is 17.6. The van der Waals surface area contributed by atoms with Gasteiger partial charge in [-0.05, 0) is 61.7 Å². The van der Waals surface area contributed by atoms with Crippen LogP contribution in [-0.2, 0) is 10.3 Å². The Labute approximate surface area is 198 Å². The van der Waals surface area contributed by atoms with Crippen molar-refractivity contribution in [2.75, 3.05) is 25.1 Å². The van der Waals surface area contributed by atoms with E-state index in [1.807, 2.05) is 60.7 Å². The van der Waals surface area contributed by atoms with Gasteiger partial charge in [0.25, 0.3) is 0 Å². The van der Waals surface area contributed by atoms with E-state index in [0.717, 1.165) is 52.0 Å². The Kier molecular flexibility index (Phi) is 4.56. The number of methoxy groups -OCH3 is 1. The van der Waals surface area contributed by atoms with E-state index in [4.69, 9.17) is 14.2 Å². The fourth-order valence-corrected chi connectivity index (χ4v) is 5.34. The van der Waals surface area contributed by atoms with E-state index >= 15 is 0 Å². The molecule has 2 heterocycles. The number of esters is 1. The molecule has 0 aromatic heterocycles. The second kappa shape index (κ2) is 7.52. The number of rotatable bonds is 4. The summed E-state index contributed by atoms with van der Waals surface area (Å²) in [5.74, 6) is 1.86. The van der Waals surface area contributed by atoms with Crippen molar-refractivity contribution in [3.63, 3.8) is 0 Å². The second-order valence-electron chi connectivity index (χ2n) is 8.60. The molecule has 5 heteroatoms. The zero-order valence-electron chi connectivity index (χ0n) is 19.4. The number of hydrogen-bond donors (Lipinski definition) is 0. The van der Waals surface area contributed by atoms with Crippen LogP contribution in [0, 0.1) is 0 Å². The molecule has 0 saturated carbocycles. The first-order chi connectivity index (χ1) is 16.6. The monoisotopic (exact) mass is 451 g/mol. The lowest BCUT2D eigenvalue weighted by Gasteiger charge is -2.37. The molecule has 34 heavy (non-hydrogen) atoms. The van der Waals surface area contributed by atoms with E-state index < -0.39 is 5.60 Å². The molecule has 4 aromatic carbocycles. The maximum atomic E-state index is 13.1. The van der Waals surface area contributed by atoms with Crippen LogP contribution < -0.4 is 14.4 Å². The topological polar surface area (TPSA) is 48.0 Å². The van der Waals surface area contributed by atoms with Gasteiger partial charge in [-0.2, -0.15) is 0 Å². The van der Waals surface area contributed by atoms with E-state index in [9.17, 15) is 4.79 Å². The third kappa shape index (κ3) is 2.70. The van der Waals surface area contributed by atoms with Crippen LogP contribution in [0.4, 0.5) is 5.69 Å². The van der Waals surface area contributed by atoms with Crippen molar-refractivity contribution in [2.24, 2.45) is 0 Å². The minimum absolute atomic E-state index is 0.322. The Morgan fingerprint density at radius 3 is 2.47 bits per heavy atom. The van der Waals surface area contributed by atoms with Crippen molar-refractivity contribution >= 4 is 22.4 Å². The number of benzene rings is 4. The minimum Gasteiger partial charge on any atom is -0.497 e. The van der Waals surface area contributed by atoms with Crippen LogP contribution in [0.15, 0.2) is 72.8 Å². The molecule has 1 spiro atoms. The standard InChI is InChI=1S/C29H25NO4/c1-4-30(5-2)19-11-15-24-26(17-19)33-27-21-13-12-20(32-3)16-18(21)10-14-25(27)29(24)23-9-7-6-8-22(23)28(31)34-29/h6-17H,4-5H2,1-3H3. The van der Waals surface area contributed by atoms with Crippen LogP contribution in [0.2, 0.25) is 0 Å². The maximum Gasteiger partial charge on any atom is 0.340 e. The highest BCUT2D eigenvalue weighted by Gasteiger charge is 2.53. The summed E-state index contributed by atoms with van der Waals surface area (Å²) in [5, 5.41) is 1.94. The smallest absolute Gasteiger partial charge is 0.340 e. The van der Waals surface area contributed by atoms with Crippen LogP contribution >= 0.6 is 0 Å². The Balaban J connectivity index is 1.67. The van der Waals surface area contributed by atoms with Gasteiger partial charge >= 0.3 is 5.97 Å². The highest BCUT2D eigenvalue weighted by molar-refractivity contribution is 5.99. The van der Waals surface area contributed by atoms with Gasteiger partial charge in [0.1, 0.15) is 17.2 Å². The Bertz CT molecular complexity index is 1460. The molecule has 1 atom stereocenters. The van der Waals surface area contributed by atoms with Gasteiger partial charge in [-0.15, -0.1) is 0 Å². The van der Waals surface area contributed by atoms with Gasteiger partial charge in [0.2, 0.25) is 0 Å². The highest BCUT2D eigenvalue weighted by atomic mass is 16.6. The maximum absolute atomic E-state index is 13.1. The van der Waals surface area contributed by atoms with Gasteiger partial charge in [-0.1, -0.05) is 24.3 Å². The molecule has 1 unspecified atom stereocenters. The first kappa shape index (κ1) is 20.6. The van der Waals surface area contributed by atoms with Crippen molar-refractivity contribution in [3.05, 3.63) is 95.1 Å². The van der Waals surface area contributed by atoms with Crippen molar-refractivity contribution in [1.82, 2.24) is 0 Å². The summed E-state index contributed by atoms with van der Waals surface area (Å²) in [7, 11) is 1.66. The molecule has 0 saturated heterocycles. The fourth-order valence-electron chi connectivity index (χ4n) is 5.34. The summed E-state index contributed by atoms with van der Waals surface area (Å²) in [6.07, 6.45) is 0. The van der Waals surface area contributed by atoms with Crippen LogP contribution in [0.3, 0.4) is 0 Å². The van der Waals surface area contributed by atoms with Crippen molar-refractivity contribution < 1.29 is 19.0 Å². The molecule has 5 nitrogen and oxygen atoms in total. The zero-order chi connectivity index (χ0) is 23.4. The fraction of sp³-hybridized carbons (Fsp3) is 0.207. The molecule has 0 aliphatic carbocycles. The van der Waals surface area contributed by atoms with E-state index in [-0.39, 0.29) is 5.97 Å². The van der Waals surface area contributed by atoms with Crippen LogP contribution in [0.1, 0.15) is 40.9 Å². The van der Waals surface area contributed by atoms with E-state index in [2.05, 4.69) is 30.9 Å². The molecule has 0 amide bonds. The molecule has 170 valence electrons. The highest BCUT2D eigenvalue weighted by Crippen LogP contribution is 2.58. The lowest BCUT2D eigenvalue weighted by atomic mass is 9.77. The van der Waals surface area contributed by atoms with E-state index in [1.165, 1.54) is 0 Å². The molecule has 6 rings (SSSR count). The SMILES string of the molecule is CCN(CC)c1ccc2c(c1)Oc1c(ccc3cc(OC)ccc13)C21OC(=O)c2ccccc21. The second-order valence-corrected chi connectivity index (χ2v) is 8.60. The van der Waals surface area contributed by atoms with Crippen LogP contribution in [-0.4, -0.2) is 26.2 Å². The molecule has 0 N–H and O–H groups in total. The summed E-state index contributed by atoms with van der Waals surface area (Å²) < 4.78 is 18.4. The summed E-state index contributed by atoms with van der Waals surface area (Å²) in [4.78, 5) is 15.4. The van der Waals surface area contributed by atoms with Gasteiger partial charge in [0.15, 0.2) is 5.60 Å². The predicted molar refractivity (Wildman–Crippen MR) is 132 cm³/mol. The summed E-state index contributed by atoms with van der Waals surface area (Å²) in [6, 6.07) is 23.8. The first-order valence-electron chi connectivity index (χ1n) is 11.6. The van der Waals surface area contributed by atoms with Crippen LogP contribution in [0.25, 0.3) is 10.8 Å². The van der Waals surface area contributed by atoms with E-state index in [0.29, 0.717) is 17.1 Å². The van der Waals surface area contributed by atoms with Gasteiger partial charge < -0.3 is 19.1 Å². The zero-order valence-corrected chi connectivity index (χ0v) is 19.4. The number of ether oxygens (including phenoxy) is 3. The molecule has 2 aliphatic rings. The molecule has 4 aromatic rings. The minimum atomic E-state index is -1.06. The summed E-state index contributed by atoms with van der Waals surface area (Å²) >= 11 is 0. The first-order valence-corrected chi connectivity index (χ1v) is 11.6. The number of fused-ring (bicyclic) bond motifs is 8. The number of carbonyl (C=O) groups is 1. The van der Waals surface area contributed by atoms with Crippen molar-refractivity contribution in [1.29, 1.82) is 0 Å². The van der Waals surface area contributed by atoms with Gasteiger partial charge in [0, 0.05) is 46.9 Å². The third-order valence-corrected chi connectivity index (χ3v) is 7.01. The van der Waals surface area contributed by atoms with Gasteiger partial charge in [0.05, 0.1) is 12.7 Å². The number of carbonyl (C=O) groups excluding carboxylic acids is 1. The van der Waals surface area contributed by atoms with Gasteiger partial charge in [-0.3, -0.25) is 0 Å². The van der Waals surface area contributed by atoms with Crippen molar-refractivity contribution in [2.45, 2.75) is 19.4 Å². The third-order valence-electron chi connectivity index (χ3n) is 7.01. The van der Waals surface area contributed by atoms with E-state index in [1.54, 1.807) is 7.11 Å². The van der Waals surface area contributed by atoms with Gasteiger partial charge in [-0.25, -0.2) is 4.79 Å². The lowest BCUT2D eigenvalue weighted by Crippen LogP contribution is -2.33. The molecular weight excluding hydrogens is 426 g/mol. The number of nitrogens with zero attached hydrogens (tertiary/aromatic N) is 1. The summed E-state index contributed by atoms with van der Waals surface area (Å²) in [6.45, 7) is 6.04. The average Bonchev–Trinajstić information content (AvgIpc) is 3.17. The number of anilines is 1. The Morgan fingerprint density at radius 2 is 1.68 bits per heavy atom. The number of hydrogen-bond acceptors (Lipinski definition) is 5. The molecule has 0 fully saturated rings. The Morgan fingerprint density at radius 1 is 0.882 bits per heavy atom. The quantitative estimate of drug-likeness (QED) is 0.343. The summed E-state index contributed by atoms with van der Waals surface area (Å²) in [5.41, 5.74) is 3.10. The largest absolute Gasteiger partial charge is 0.497 e. The van der Waals surface area contributed by atoms with Crippen LogP contribution in [0.5, 0.6) is 17.2 Å². The molecular formula is C29H25NO4. The van der Waals surface area contributed by atoms with Crippen molar-refractivity contribution in [3.8, 4) is 17.2 Å².